The number of piperazine rings is 1. The highest BCUT2D eigenvalue weighted by Crippen LogP contribution is 2.39. The van der Waals surface area contributed by atoms with Crippen LogP contribution in [0, 0.1) is 11.6 Å². The van der Waals surface area contributed by atoms with E-state index in [1.54, 1.807) is 11.0 Å². The van der Waals surface area contributed by atoms with Gasteiger partial charge in [0, 0.05) is 50.6 Å². The van der Waals surface area contributed by atoms with Gasteiger partial charge in [-0.15, -0.1) is 0 Å². The summed E-state index contributed by atoms with van der Waals surface area (Å²) in [6.45, 7) is 4.18. The highest BCUT2D eigenvalue weighted by molar-refractivity contribution is 6.07. The summed E-state index contributed by atoms with van der Waals surface area (Å²) in [5.41, 5.74) is -3.68. The van der Waals surface area contributed by atoms with E-state index in [9.17, 15) is 22.8 Å². The Hall–Kier alpha value is -3.25. The molecule has 0 radical (unpaired) electrons. The van der Waals surface area contributed by atoms with Crippen LogP contribution in [-0.4, -0.2) is 61.6 Å². The Morgan fingerprint density at radius 1 is 1.19 bits per heavy atom. The lowest BCUT2D eigenvalue weighted by atomic mass is 9.97. The molecule has 1 fully saturated rings. The molecule has 1 atom stereocenters. The Labute approximate surface area is 204 Å². The van der Waals surface area contributed by atoms with Crippen molar-refractivity contribution in [2.75, 3.05) is 50.0 Å². The topological polar surface area (TPSA) is 80.5 Å². The van der Waals surface area contributed by atoms with Gasteiger partial charge in [0.15, 0.2) is 5.82 Å². The van der Waals surface area contributed by atoms with E-state index in [0.29, 0.717) is 50.9 Å². The fraction of sp³-hybridized carbons (Fsp3) is 0.417. The summed E-state index contributed by atoms with van der Waals surface area (Å²) in [5.74, 6) is -3.16. The van der Waals surface area contributed by atoms with Gasteiger partial charge in [0.25, 0.3) is 5.91 Å². The first-order valence-electron chi connectivity index (χ1n) is 11.5. The first kappa shape index (κ1) is 25.8. The normalized spacial score (nSPS) is 19.2. The largest absolute Gasteiger partial charge is 0.417 e. The predicted molar refractivity (Wildman–Crippen MR) is 126 cm³/mol. The number of likely N-dealkylation sites (N-methyl/N-ethyl adjacent to an activating group) is 1. The molecule has 3 N–H and O–H groups in total. The van der Waals surface area contributed by atoms with E-state index in [4.69, 9.17) is 0 Å². The van der Waals surface area contributed by atoms with Crippen molar-refractivity contribution < 1.29 is 26.7 Å². The maximum absolute atomic E-state index is 15.9. The van der Waals surface area contributed by atoms with Crippen LogP contribution < -0.4 is 21.1 Å². The molecular weight excluding hydrogens is 485 g/mol. The summed E-state index contributed by atoms with van der Waals surface area (Å²) in [4.78, 5) is 30.3. The molecule has 2 aromatic rings. The van der Waals surface area contributed by atoms with Gasteiger partial charge in [-0.1, -0.05) is 6.08 Å². The molecule has 12 heteroatoms. The molecule has 4 rings (SSSR count). The van der Waals surface area contributed by atoms with Gasteiger partial charge in [0.1, 0.15) is 11.5 Å². The number of halogens is 5. The van der Waals surface area contributed by atoms with Gasteiger partial charge in [-0.2, -0.15) is 13.2 Å². The van der Waals surface area contributed by atoms with Gasteiger partial charge >= 0.3 is 6.18 Å². The second-order valence-corrected chi connectivity index (χ2v) is 8.98. The maximum Gasteiger partial charge on any atom is 0.417 e. The molecular formula is C24H26F5N5O2. The van der Waals surface area contributed by atoms with Crippen LogP contribution in [0.1, 0.15) is 34.8 Å². The smallest absolute Gasteiger partial charge is 0.367 e. The van der Waals surface area contributed by atoms with Crippen molar-refractivity contribution in [1.82, 2.24) is 15.2 Å². The number of carbonyl (C=O) groups excluding carboxylic acids is 1. The second-order valence-electron chi connectivity index (χ2n) is 8.98. The Balaban J connectivity index is 1.82. The summed E-state index contributed by atoms with van der Waals surface area (Å²) in [6.07, 6.45) is -2.39. The lowest BCUT2D eigenvalue weighted by molar-refractivity contribution is -0.138. The molecule has 0 spiro atoms. The molecule has 0 bridgehead atoms. The predicted octanol–water partition coefficient (Wildman–Crippen LogP) is 3.44. The number of rotatable bonds is 4. The third kappa shape index (κ3) is 5.14. The number of benzene rings is 1. The molecule has 7 nitrogen and oxygen atoms in total. The molecule has 1 unspecified atom stereocenters. The number of aromatic amines is 1. The van der Waals surface area contributed by atoms with Gasteiger partial charge in [0.2, 0.25) is 5.56 Å². The van der Waals surface area contributed by atoms with Crippen molar-refractivity contribution in [1.29, 1.82) is 0 Å². The fourth-order valence-corrected chi connectivity index (χ4v) is 4.46. The van der Waals surface area contributed by atoms with Crippen LogP contribution in [0.3, 0.4) is 0 Å². The number of H-pyrrole nitrogens is 1. The molecule has 1 aromatic carbocycles. The first-order chi connectivity index (χ1) is 17.0. The highest BCUT2D eigenvalue weighted by atomic mass is 19.4. The lowest BCUT2D eigenvalue weighted by Crippen LogP contribution is -2.50. The Morgan fingerprint density at radius 3 is 2.58 bits per heavy atom. The Bertz CT molecular complexity index is 1260. The highest BCUT2D eigenvalue weighted by Gasteiger charge is 2.37. The number of nitrogens with one attached hydrogen (secondary N) is 3. The van der Waals surface area contributed by atoms with Crippen LogP contribution in [0.5, 0.6) is 0 Å². The summed E-state index contributed by atoms with van der Waals surface area (Å²) < 4.78 is 71.8. The van der Waals surface area contributed by atoms with Crippen molar-refractivity contribution >= 4 is 22.9 Å². The lowest BCUT2D eigenvalue weighted by Gasteiger charge is -2.40. The Kier molecular flexibility index (Phi) is 7.19. The molecule has 2 aliphatic rings. The minimum Gasteiger partial charge on any atom is -0.367 e. The minimum atomic E-state index is -5.00. The van der Waals surface area contributed by atoms with Crippen LogP contribution in [-0.2, 0) is 6.18 Å². The molecule has 1 aromatic heterocycles. The summed E-state index contributed by atoms with van der Waals surface area (Å²) in [5, 5.41) is 5.31. The number of carbonyl (C=O) groups is 1. The van der Waals surface area contributed by atoms with Crippen molar-refractivity contribution in [3.63, 3.8) is 0 Å². The number of alkyl halides is 3. The number of hydrogen-bond donors (Lipinski definition) is 3. The monoisotopic (exact) mass is 511 g/mol. The summed E-state index contributed by atoms with van der Waals surface area (Å²) in [6, 6.07) is 1.41. The van der Waals surface area contributed by atoms with Gasteiger partial charge in [-0.3, -0.25) is 9.59 Å². The standard InChI is InChI=1S/C24H26F5N5O2/c1-13-12-34(8-7-33(13)2)18-10-17(25)20(14-3-5-30-6-4-14)21(26)22(18)32-23(36)15-11-31-19(35)9-16(15)24(27,28)29/h3,9-11,13,30H,4-8,12H2,1-2H3,(H,31,35)(H,32,36). The van der Waals surface area contributed by atoms with E-state index < -0.39 is 46.1 Å². The number of pyridine rings is 1. The van der Waals surface area contributed by atoms with Crippen molar-refractivity contribution in [3.8, 4) is 0 Å². The average Bonchev–Trinajstić information content (AvgIpc) is 2.82. The molecule has 1 saturated heterocycles. The minimum absolute atomic E-state index is 0.0243. The summed E-state index contributed by atoms with van der Waals surface area (Å²) in [7, 11) is 1.91. The second kappa shape index (κ2) is 10.0. The molecule has 3 heterocycles. The van der Waals surface area contributed by atoms with Crippen molar-refractivity contribution in [2.24, 2.45) is 0 Å². The maximum atomic E-state index is 15.9. The van der Waals surface area contributed by atoms with Crippen molar-refractivity contribution in [2.45, 2.75) is 25.6 Å². The summed E-state index contributed by atoms with van der Waals surface area (Å²) >= 11 is 0. The number of amides is 1. The van der Waals surface area contributed by atoms with E-state index in [1.165, 1.54) is 0 Å². The number of nitrogens with zero attached hydrogens (tertiary/aromatic N) is 2. The third-order valence-electron chi connectivity index (χ3n) is 6.60. The van der Waals surface area contributed by atoms with Gasteiger partial charge in [-0.25, -0.2) is 8.78 Å². The van der Waals surface area contributed by atoms with E-state index in [2.05, 4.69) is 20.5 Å². The molecule has 2 aliphatic heterocycles. The Morgan fingerprint density at radius 2 is 1.94 bits per heavy atom. The van der Waals surface area contributed by atoms with Crippen LogP contribution in [0.25, 0.3) is 5.57 Å². The van der Waals surface area contributed by atoms with Gasteiger partial charge in [0.05, 0.1) is 22.4 Å². The zero-order valence-electron chi connectivity index (χ0n) is 19.7. The number of anilines is 2. The van der Waals surface area contributed by atoms with Crippen LogP contribution >= 0.6 is 0 Å². The van der Waals surface area contributed by atoms with E-state index >= 15 is 8.78 Å². The molecule has 0 saturated carbocycles. The van der Waals surface area contributed by atoms with Crippen molar-refractivity contribution in [3.05, 3.63) is 63.1 Å². The van der Waals surface area contributed by atoms with Crippen LogP contribution in [0.4, 0.5) is 33.3 Å². The first-order valence-corrected chi connectivity index (χ1v) is 11.5. The zero-order valence-corrected chi connectivity index (χ0v) is 19.7. The van der Waals surface area contributed by atoms with E-state index in [1.807, 2.05) is 14.0 Å². The third-order valence-corrected chi connectivity index (χ3v) is 6.60. The molecule has 0 aliphatic carbocycles. The molecule has 36 heavy (non-hydrogen) atoms. The number of hydrogen-bond acceptors (Lipinski definition) is 5. The molecule has 1 amide bonds. The van der Waals surface area contributed by atoms with Crippen LogP contribution in [0.2, 0.25) is 0 Å². The quantitative estimate of drug-likeness (QED) is 0.549. The zero-order chi connectivity index (χ0) is 26.2. The number of aromatic nitrogens is 1. The van der Waals surface area contributed by atoms with E-state index in [-0.39, 0.29) is 23.4 Å². The van der Waals surface area contributed by atoms with Gasteiger partial charge < -0.3 is 25.4 Å². The fourth-order valence-electron chi connectivity index (χ4n) is 4.46. The van der Waals surface area contributed by atoms with Gasteiger partial charge in [-0.05, 0) is 32.5 Å². The SMILES string of the molecule is CC1CN(c2cc(F)c(C3=CCNCC3)c(F)c2NC(=O)c2c[nH]c(=O)cc2C(F)(F)F)CCN1C. The average molecular weight is 511 g/mol. The van der Waals surface area contributed by atoms with E-state index in [0.717, 1.165) is 6.07 Å². The molecule has 194 valence electrons. The van der Waals surface area contributed by atoms with Crippen LogP contribution in [0.15, 0.2) is 29.2 Å².